The fourth-order valence-electron chi connectivity index (χ4n) is 3.71. The van der Waals surface area contributed by atoms with Crippen molar-refractivity contribution in [2.24, 2.45) is 5.92 Å². The van der Waals surface area contributed by atoms with E-state index < -0.39 is 0 Å². The van der Waals surface area contributed by atoms with Crippen LogP contribution in [0.4, 0.5) is 0 Å². The smallest absolute Gasteiger partial charge is 0.289 e. The van der Waals surface area contributed by atoms with E-state index in [0.717, 1.165) is 61.1 Å². The number of aryl methyl sites for hydroxylation is 3. The van der Waals surface area contributed by atoms with Gasteiger partial charge >= 0.3 is 0 Å². The lowest BCUT2D eigenvalue weighted by atomic mass is 9.96. The van der Waals surface area contributed by atoms with E-state index in [1.807, 2.05) is 18.7 Å². The monoisotopic (exact) mass is 364 g/mol. The van der Waals surface area contributed by atoms with Gasteiger partial charge in [0, 0.05) is 24.0 Å². The predicted octanol–water partition coefficient (Wildman–Crippen LogP) is 4.24. The van der Waals surface area contributed by atoms with Gasteiger partial charge in [-0.25, -0.2) is 0 Å². The number of amides is 1. The molecule has 138 valence electrons. The molecule has 0 spiro atoms. The van der Waals surface area contributed by atoms with E-state index in [2.05, 4.69) is 31.3 Å². The van der Waals surface area contributed by atoms with Crippen molar-refractivity contribution >= 4 is 29.3 Å². The Morgan fingerprint density at radius 3 is 2.44 bits per heavy atom. The highest BCUT2D eigenvalue weighted by Gasteiger charge is 2.28. The Balaban J connectivity index is 0.00000225. The maximum Gasteiger partial charge on any atom is 0.289 e. The topological polar surface area (TPSA) is 45.5 Å². The van der Waals surface area contributed by atoms with Gasteiger partial charge in [0.1, 0.15) is 5.58 Å². The second kappa shape index (κ2) is 8.24. The van der Waals surface area contributed by atoms with Gasteiger partial charge in [-0.1, -0.05) is 19.1 Å². The van der Waals surface area contributed by atoms with Crippen LogP contribution in [0.5, 0.6) is 0 Å². The summed E-state index contributed by atoms with van der Waals surface area (Å²) in [7, 11) is 0. The second-order valence-corrected chi connectivity index (χ2v) is 7.00. The second-order valence-electron chi connectivity index (χ2n) is 7.00. The number of carbonyl (C=O) groups excluding carboxylic acids is 1. The Kier molecular flexibility index (Phi) is 6.53. The first-order valence-corrected chi connectivity index (χ1v) is 9.02. The molecule has 0 saturated carbocycles. The fourth-order valence-corrected chi connectivity index (χ4v) is 3.71. The Bertz CT molecular complexity index is 746. The van der Waals surface area contributed by atoms with Crippen molar-refractivity contribution < 1.29 is 9.21 Å². The summed E-state index contributed by atoms with van der Waals surface area (Å²) in [6, 6.07) is 4.15. The summed E-state index contributed by atoms with van der Waals surface area (Å²) in [4.78, 5) is 14.9. The van der Waals surface area contributed by atoms with Gasteiger partial charge in [0.15, 0.2) is 5.76 Å². The van der Waals surface area contributed by atoms with Gasteiger partial charge in [-0.15, -0.1) is 12.4 Å². The summed E-state index contributed by atoms with van der Waals surface area (Å²) < 4.78 is 6.01. The molecule has 25 heavy (non-hydrogen) atoms. The van der Waals surface area contributed by atoms with Crippen LogP contribution in [-0.2, 0) is 0 Å². The van der Waals surface area contributed by atoms with Gasteiger partial charge in [-0.3, -0.25) is 4.79 Å². The van der Waals surface area contributed by atoms with E-state index in [-0.39, 0.29) is 18.3 Å². The van der Waals surface area contributed by atoms with E-state index in [0.29, 0.717) is 11.7 Å². The number of hydrogen-bond acceptors (Lipinski definition) is 3. The number of likely N-dealkylation sites (tertiary alicyclic amines) is 1. The molecule has 2 aromatic rings. The number of carbonyl (C=O) groups is 1. The minimum atomic E-state index is 0. The molecule has 0 radical (unpaired) electrons. The van der Waals surface area contributed by atoms with Crippen LogP contribution in [0.1, 0.15) is 47.0 Å². The van der Waals surface area contributed by atoms with Gasteiger partial charge in [0.2, 0.25) is 0 Å². The molecular formula is C20H29ClN2O2. The average Bonchev–Trinajstić information content (AvgIpc) is 2.95. The normalized spacial score (nSPS) is 15.4. The quantitative estimate of drug-likeness (QED) is 0.882. The standard InChI is InChI=1S/C20H28N2O2.ClH/c1-5-21-12-16-8-10-22(11-9-16)20(23)19-15(4)17-13(2)6-7-14(3)18(17)24-19;/h6-7,16,21H,5,8-12H2,1-4H3;1H. The predicted molar refractivity (Wildman–Crippen MR) is 105 cm³/mol. The van der Waals surface area contributed by atoms with Crippen LogP contribution in [0.3, 0.4) is 0 Å². The largest absolute Gasteiger partial charge is 0.450 e. The summed E-state index contributed by atoms with van der Waals surface area (Å²) in [6.45, 7) is 12.0. The zero-order valence-electron chi connectivity index (χ0n) is 15.6. The van der Waals surface area contributed by atoms with E-state index in [1.54, 1.807) is 0 Å². The SMILES string of the molecule is CCNCC1CCN(C(=O)c2oc3c(C)ccc(C)c3c2C)CC1.Cl. The Morgan fingerprint density at radius 2 is 1.84 bits per heavy atom. The summed E-state index contributed by atoms with van der Waals surface area (Å²) in [5.41, 5.74) is 4.09. The third-order valence-corrected chi connectivity index (χ3v) is 5.26. The Hall–Kier alpha value is -1.52. The van der Waals surface area contributed by atoms with Crippen LogP contribution >= 0.6 is 12.4 Å². The molecule has 0 aliphatic carbocycles. The van der Waals surface area contributed by atoms with Gasteiger partial charge in [0.25, 0.3) is 5.91 Å². The van der Waals surface area contributed by atoms with E-state index in [1.165, 1.54) is 5.56 Å². The highest BCUT2D eigenvalue weighted by Crippen LogP contribution is 2.32. The third kappa shape index (κ3) is 3.85. The fraction of sp³-hybridized carbons (Fsp3) is 0.550. The highest BCUT2D eigenvalue weighted by molar-refractivity contribution is 6.00. The van der Waals surface area contributed by atoms with Crippen LogP contribution in [0, 0.1) is 26.7 Å². The van der Waals surface area contributed by atoms with Crippen LogP contribution < -0.4 is 5.32 Å². The number of piperidine rings is 1. The summed E-state index contributed by atoms with van der Waals surface area (Å²) in [6.07, 6.45) is 2.13. The highest BCUT2D eigenvalue weighted by atomic mass is 35.5. The zero-order chi connectivity index (χ0) is 17.3. The number of hydrogen-bond donors (Lipinski definition) is 1. The van der Waals surface area contributed by atoms with Gasteiger partial charge in [-0.2, -0.15) is 0 Å². The number of benzene rings is 1. The first-order valence-electron chi connectivity index (χ1n) is 9.02. The average molecular weight is 365 g/mol. The van der Waals surface area contributed by atoms with E-state index in [4.69, 9.17) is 4.42 Å². The van der Waals surface area contributed by atoms with Crippen molar-refractivity contribution in [3.63, 3.8) is 0 Å². The number of halogens is 1. The molecule has 5 heteroatoms. The molecule has 4 nitrogen and oxygen atoms in total. The van der Waals surface area contributed by atoms with Gasteiger partial charge in [0.05, 0.1) is 0 Å². The molecule has 1 N–H and O–H groups in total. The van der Waals surface area contributed by atoms with Crippen LogP contribution in [-0.4, -0.2) is 37.0 Å². The number of nitrogens with one attached hydrogen (secondary N) is 1. The van der Waals surface area contributed by atoms with Gasteiger partial charge < -0.3 is 14.6 Å². The lowest BCUT2D eigenvalue weighted by Gasteiger charge is -2.31. The van der Waals surface area contributed by atoms with Crippen LogP contribution in [0.2, 0.25) is 0 Å². The minimum Gasteiger partial charge on any atom is -0.450 e. The van der Waals surface area contributed by atoms with Crippen molar-refractivity contribution in [1.82, 2.24) is 10.2 Å². The number of fused-ring (bicyclic) bond motifs is 1. The van der Waals surface area contributed by atoms with Crippen molar-refractivity contribution in [3.05, 3.63) is 34.6 Å². The van der Waals surface area contributed by atoms with Crippen molar-refractivity contribution in [2.45, 2.75) is 40.5 Å². The van der Waals surface area contributed by atoms with Gasteiger partial charge in [-0.05, 0) is 63.7 Å². The maximum atomic E-state index is 13.0. The molecule has 0 bridgehead atoms. The number of furan rings is 1. The Morgan fingerprint density at radius 1 is 1.20 bits per heavy atom. The third-order valence-electron chi connectivity index (χ3n) is 5.26. The molecule has 1 aromatic heterocycles. The summed E-state index contributed by atoms with van der Waals surface area (Å²) in [5, 5.41) is 4.51. The number of nitrogens with zero attached hydrogens (tertiary/aromatic N) is 1. The molecular weight excluding hydrogens is 336 g/mol. The lowest BCUT2D eigenvalue weighted by molar-refractivity contribution is 0.0659. The zero-order valence-corrected chi connectivity index (χ0v) is 16.5. The first-order chi connectivity index (χ1) is 11.5. The molecule has 0 atom stereocenters. The summed E-state index contributed by atoms with van der Waals surface area (Å²) in [5.74, 6) is 1.24. The molecule has 1 aromatic carbocycles. The maximum absolute atomic E-state index is 13.0. The summed E-state index contributed by atoms with van der Waals surface area (Å²) >= 11 is 0. The minimum absolute atomic E-state index is 0. The van der Waals surface area contributed by atoms with E-state index in [9.17, 15) is 4.79 Å². The van der Waals surface area contributed by atoms with Crippen LogP contribution in [0.25, 0.3) is 11.0 Å². The molecule has 0 unspecified atom stereocenters. The first kappa shape index (κ1) is 19.8. The molecule has 1 fully saturated rings. The van der Waals surface area contributed by atoms with Crippen LogP contribution in [0.15, 0.2) is 16.5 Å². The molecule has 1 aliphatic heterocycles. The number of rotatable bonds is 4. The van der Waals surface area contributed by atoms with Crippen molar-refractivity contribution in [2.75, 3.05) is 26.2 Å². The Labute approximate surface area is 156 Å². The lowest BCUT2D eigenvalue weighted by Crippen LogP contribution is -2.40. The van der Waals surface area contributed by atoms with Crippen molar-refractivity contribution in [1.29, 1.82) is 0 Å². The molecule has 3 rings (SSSR count). The molecule has 1 aliphatic rings. The molecule has 2 heterocycles. The van der Waals surface area contributed by atoms with E-state index >= 15 is 0 Å². The molecule has 1 saturated heterocycles. The molecule has 1 amide bonds. The van der Waals surface area contributed by atoms with Crippen molar-refractivity contribution in [3.8, 4) is 0 Å².